The van der Waals surface area contributed by atoms with Crippen LogP contribution in [0.15, 0.2) is 27.8 Å². The van der Waals surface area contributed by atoms with Crippen LogP contribution in [0.3, 0.4) is 0 Å². The van der Waals surface area contributed by atoms with Crippen molar-refractivity contribution < 1.29 is 4.42 Å². The minimum absolute atomic E-state index is 0. The predicted molar refractivity (Wildman–Crippen MR) is 122 cm³/mol. The van der Waals surface area contributed by atoms with Gasteiger partial charge >= 0.3 is 0 Å². The van der Waals surface area contributed by atoms with Gasteiger partial charge in [0.25, 0.3) is 0 Å². The van der Waals surface area contributed by atoms with Crippen LogP contribution in [-0.4, -0.2) is 68.1 Å². The first kappa shape index (κ1) is 22.5. The topological polar surface area (TPSA) is 56.0 Å². The molecule has 1 aromatic heterocycles. The van der Waals surface area contributed by atoms with E-state index < -0.39 is 0 Å². The van der Waals surface area contributed by atoms with Crippen LogP contribution in [0.5, 0.6) is 0 Å². The second kappa shape index (κ2) is 11.9. The predicted octanol–water partition coefficient (Wildman–Crippen LogP) is 3.07. The van der Waals surface area contributed by atoms with Crippen LogP contribution in [0.1, 0.15) is 50.8 Å². The molecule has 27 heavy (non-hydrogen) atoms. The highest BCUT2D eigenvalue weighted by molar-refractivity contribution is 14.0. The molecule has 1 aromatic rings. The summed E-state index contributed by atoms with van der Waals surface area (Å²) in [5, 5.41) is 7.16. The van der Waals surface area contributed by atoms with Crippen molar-refractivity contribution in [3.05, 3.63) is 24.2 Å². The molecule has 2 aliphatic rings. The Morgan fingerprint density at radius 2 is 2.00 bits per heavy atom. The molecule has 2 fully saturated rings. The maximum atomic E-state index is 5.71. The summed E-state index contributed by atoms with van der Waals surface area (Å²) in [7, 11) is 1.86. The van der Waals surface area contributed by atoms with E-state index in [1.54, 1.807) is 6.26 Å². The summed E-state index contributed by atoms with van der Waals surface area (Å²) in [6, 6.07) is 4.86. The number of rotatable bonds is 7. The van der Waals surface area contributed by atoms with Crippen molar-refractivity contribution in [3.63, 3.8) is 0 Å². The highest BCUT2D eigenvalue weighted by atomic mass is 127. The third-order valence-electron chi connectivity index (χ3n) is 5.61. The van der Waals surface area contributed by atoms with Gasteiger partial charge in [0.15, 0.2) is 5.96 Å². The van der Waals surface area contributed by atoms with Crippen molar-refractivity contribution >= 4 is 29.9 Å². The number of hydrogen-bond acceptors (Lipinski definition) is 4. The maximum absolute atomic E-state index is 5.71. The summed E-state index contributed by atoms with van der Waals surface area (Å²) in [6.45, 7) is 8.97. The third kappa shape index (κ3) is 6.64. The standard InChI is InChI=1S/C20H35N5O.HI/c1-3-10-24-13-8-17(9-14-24)23-20(21-2)22-16-18(19-7-6-15-26-19)25-11-4-5-12-25;/h6-7,15,17-18H,3-5,8-14,16H2,1-2H3,(H2,21,22,23);1H. The molecular weight excluding hydrogens is 453 g/mol. The molecule has 0 bridgehead atoms. The van der Waals surface area contributed by atoms with Crippen molar-refractivity contribution in [3.8, 4) is 0 Å². The third-order valence-corrected chi connectivity index (χ3v) is 5.61. The van der Waals surface area contributed by atoms with Crippen LogP contribution >= 0.6 is 24.0 Å². The van der Waals surface area contributed by atoms with Gasteiger partial charge in [-0.3, -0.25) is 9.89 Å². The van der Waals surface area contributed by atoms with Gasteiger partial charge in [-0.25, -0.2) is 0 Å². The largest absolute Gasteiger partial charge is 0.468 e. The summed E-state index contributed by atoms with van der Waals surface area (Å²) in [5.41, 5.74) is 0. The van der Waals surface area contributed by atoms with E-state index >= 15 is 0 Å². The Bertz CT molecular complexity index is 537. The van der Waals surface area contributed by atoms with Crippen LogP contribution in [0, 0.1) is 0 Å². The zero-order chi connectivity index (χ0) is 18.2. The molecular formula is C20H36IN5O. The number of hydrogen-bond donors (Lipinski definition) is 2. The molecule has 0 radical (unpaired) electrons. The van der Waals surface area contributed by atoms with Crippen LogP contribution in [-0.2, 0) is 0 Å². The van der Waals surface area contributed by atoms with E-state index in [-0.39, 0.29) is 30.0 Å². The van der Waals surface area contributed by atoms with E-state index in [0.29, 0.717) is 6.04 Å². The van der Waals surface area contributed by atoms with Gasteiger partial charge in [0.2, 0.25) is 0 Å². The Morgan fingerprint density at radius 1 is 1.26 bits per heavy atom. The Balaban J connectivity index is 0.00000261. The number of guanidine groups is 1. The van der Waals surface area contributed by atoms with Crippen molar-refractivity contribution in [2.75, 3.05) is 46.3 Å². The first-order valence-electron chi connectivity index (χ1n) is 10.3. The molecule has 154 valence electrons. The van der Waals surface area contributed by atoms with Gasteiger partial charge in [-0.05, 0) is 63.9 Å². The smallest absolute Gasteiger partial charge is 0.191 e. The quantitative estimate of drug-likeness (QED) is 0.351. The molecule has 2 N–H and O–H groups in total. The monoisotopic (exact) mass is 489 g/mol. The molecule has 7 heteroatoms. The normalized spacial score (nSPS) is 21.0. The summed E-state index contributed by atoms with van der Waals surface area (Å²) >= 11 is 0. The van der Waals surface area contributed by atoms with E-state index in [4.69, 9.17) is 4.42 Å². The van der Waals surface area contributed by atoms with Crippen LogP contribution in [0.2, 0.25) is 0 Å². The SMILES string of the molecule is CCCN1CCC(NC(=NC)NCC(c2ccco2)N2CCCC2)CC1.I. The Hall–Kier alpha value is -0.800. The van der Waals surface area contributed by atoms with E-state index in [2.05, 4.69) is 38.4 Å². The van der Waals surface area contributed by atoms with Gasteiger partial charge in [-0.15, -0.1) is 24.0 Å². The van der Waals surface area contributed by atoms with E-state index in [1.807, 2.05) is 13.1 Å². The molecule has 1 unspecified atom stereocenters. The average molecular weight is 489 g/mol. The number of likely N-dealkylation sites (tertiary alicyclic amines) is 2. The van der Waals surface area contributed by atoms with Crippen molar-refractivity contribution in [1.29, 1.82) is 0 Å². The fourth-order valence-electron chi connectivity index (χ4n) is 4.14. The molecule has 0 saturated carbocycles. The number of nitrogens with one attached hydrogen (secondary N) is 2. The van der Waals surface area contributed by atoms with Gasteiger partial charge in [-0.2, -0.15) is 0 Å². The van der Waals surface area contributed by atoms with Crippen molar-refractivity contribution in [1.82, 2.24) is 20.4 Å². The van der Waals surface area contributed by atoms with E-state index in [1.165, 1.54) is 51.7 Å². The zero-order valence-electron chi connectivity index (χ0n) is 16.8. The second-order valence-corrected chi connectivity index (χ2v) is 7.49. The summed E-state index contributed by atoms with van der Waals surface area (Å²) in [6.07, 6.45) is 7.95. The maximum Gasteiger partial charge on any atom is 0.191 e. The fourth-order valence-corrected chi connectivity index (χ4v) is 4.14. The zero-order valence-corrected chi connectivity index (χ0v) is 19.2. The minimum Gasteiger partial charge on any atom is -0.468 e. The van der Waals surface area contributed by atoms with Crippen LogP contribution in [0.25, 0.3) is 0 Å². The first-order valence-corrected chi connectivity index (χ1v) is 10.3. The van der Waals surface area contributed by atoms with Gasteiger partial charge < -0.3 is 20.0 Å². The molecule has 0 spiro atoms. The second-order valence-electron chi connectivity index (χ2n) is 7.49. The molecule has 1 atom stereocenters. The number of furan rings is 1. The number of nitrogens with zero attached hydrogens (tertiary/aromatic N) is 3. The van der Waals surface area contributed by atoms with Crippen LogP contribution < -0.4 is 10.6 Å². The summed E-state index contributed by atoms with van der Waals surface area (Å²) in [4.78, 5) is 9.53. The fraction of sp³-hybridized carbons (Fsp3) is 0.750. The summed E-state index contributed by atoms with van der Waals surface area (Å²) < 4.78 is 5.71. The lowest BCUT2D eigenvalue weighted by molar-refractivity contribution is 0.204. The number of aliphatic imine (C=N–C) groups is 1. The average Bonchev–Trinajstić information content (AvgIpc) is 3.37. The van der Waals surface area contributed by atoms with Gasteiger partial charge in [0.05, 0.1) is 12.3 Å². The number of piperidine rings is 1. The lowest BCUT2D eigenvalue weighted by Crippen LogP contribution is -2.50. The molecule has 3 rings (SSSR count). The highest BCUT2D eigenvalue weighted by Gasteiger charge is 2.26. The van der Waals surface area contributed by atoms with E-state index in [9.17, 15) is 0 Å². The molecule has 2 saturated heterocycles. The molecule has 2 aliphatic heterocycles. The first-order chi connectivity index (χ1) is 12.8. The lowest BCUT2D eigenvalue weighted by Gasteiger charge is -2.33. The highest BCUT2D eigenvalue weighted by Crippen LogP contribution is 2.24. The Morgan fingerprint density at radius 3 is 2.59 bits per heavy atom. The van der Waals surface area contributed by atoms with Gasteiger partial charge in [0, 0.05) is 32.7 Å². The molecule has 0 amide bonds. The summed E-state index contributed by atoms with van der Waals surface area (Å²) in [5.74, 6) is 1.96. The minimum atomic E-state index is 0. The van der Waals surface area contributed by atoms with E-state index in [0.717, 1.165) is 31.4 Å². The molecule has 0 aliphatic carbocycles. The van der Waals surface area contributed by atoms with Gasteiger partial charge in [0.1, 0.15) is 5.76 Å². The Labute approximate surface area is 181 Å². The molecule has 3 heterocycles. The lowest BCUT2D eigenvalue weighted by atomic mass is 10.1. The van der Waals surface area contributed by atoms with Gasteiger partial charge in [-0.1, -0.05) is 6.92 Å². The molecule has 0 aromatic carbocycles. The Kier molecular flexibility index (Phi) is 9.92. The van der Waals surface area contributed by atoms with Crippen LogP contribution in [0.4, 0.5) is 0 Å². The van der Waals surface area contributed by atoms with Crippen molar-refractivity contribution in [2.45, 2.75) is 51.1 Å². The molecule has 6 nitrogen and oxygen atoms in total. The van der Waals surface area contributed by atoms with Crippen molar-refractivity contribution in [2.24, 2.45) is 4.99 Å². The number of halogens is 1.